The molecule has 0 atom stereocenters. The Morgan fingerprint density at radius 3 is 2.47 bits per heavy atom. The van der Waals surface area contributed by atoms with E-state index in [1.165, 1.54) is 0 Å². The first-order valence-corrected chi connectivity index (χ1v) is 6.73. The average Bonchev–Trinajstić information content (AvgIpc) is 2.44. The second-order valence-electron chi connectivity index (χ2n) is 4.01. The Bertz CT molecular complexity index is 324. The summed E-state index contributed by atoms with van der Waals surface area (Å²) in [5, 5.41) is 3.35. The lowest BCUT2D eigenvalue weighted by Gasteiger charge is -2.16. The largest absolute Gasteiger partial charge is 0.481 e. The maximum Gasteiger partial charge on any atom is 0.212 e. The molecule has 1 aromatic heterocycles. The third-order valence-corrected chi connectivity index (χ3v) is 2.60. The van der Waals surface area contributed by atoms with Crippen LogP contribution in [0.5, 0.6) is 5.88 Å². The summed E-state index contributed by atoms with van der Waals surface area (Å²) in [6.45, 7) is 6.92. The van der Waals surface area contributed by atoms with Crippen LogP contribution in [0.4, 0.5) is 0 Å². The summed E-state index contributed by atoms with van der Waals surface area (Å²) in [6, 6.07) is 3.86. The van der Waals surface area contributed by atoms with Gasteiger partial charge >= 0.3 is 0 Å². The molecule has 108 valence electrons. The van der Waals surface area contributed by atoms with Crippen LogP contribution in [0.25, 0.3) is 0 Å². The fraction of sp³-hybridized carbons (Fsp3) is 0.643. The summed E-state index contributed by atoms with van der Waals surface area (Å²) >= 11 is 0. The Morgan fingerprint density at radius 1 is 1.21 bits per heavy atom. The van der Waals surface area contributed by atoms with Gasteiger partial charge in [0, 0.05) is 45.0 Å². The number of methoxy groups -OCH3 is 1. The van der Waals surface area contributed by atoms with Gasteiger partial charge in [-0.2, -0.15) is 0 Å². The normalized spacial score (nSPS) is 10.9. The molecule has 0 amide bonds. The lowest BCUT2D eigenvalue weighted by Crippen LogP contribution is -2.24. The molecule has 0 aliphatic heterocycles. The van der Waals surface area contributed by atoms with Crippen LogP contribution in [-0.4, -0.2) is 38.1 Å². The molecule has 1 rings (SSSR count). The van der Waals surface area contributed by atoms with Gasteiger partial charge in [-0.25, -0.2) is 4.98 Å². The molecular weight excluding hydrogens is 244 g/mol. The van der Waals surface area contributed by atoms with Gasteiger partial charge < -0.3 is 19.5 Å². The number of nitrogens with zero attached hydrogens (tertiary/aromatic N) is 1. The van der Waals surface area contributed by atoms with E-state index < -0.39 is 0 Å². The predicted molar refractivity (Wildman–Crippen MR) is 74.2 cm³/mol. The Morgan fingerprint density at radius 2 is 1.95 bits per heavy atom. The minimum absolute atomic E-state index is 0.114. The first kappa shape index (κ1) is 15.9. The zero-order valence-electron chi connectivity index (χ0n) is 12.0. The summed E-state index contributed by atoms with van der Waals surface area (Å²) in [5.74, 6) is 0.636. The van der Waals surface area contributed by atoms with Crippen molar-refractivity contribution in [1.29, 1.82) is 0 Å². The summed E-state index contributed by atoms with van der Waals surface area (Å²) in [6.07, 6.45) is 2.54. The molecular formula is C14H24N2O3. The van der Waals surface area contributed by atoms with Crippen LogP contribution in [0.15, 0.2) is 18.3 Å². The van der Waals surface area contributed by atoms with E-state index in [1.807, 2.05) is 32.2 Å². The Hall–Kier alpha value is -1.17. The number of hydrogen-bond acceptors (Lipinski definition) is 5. The van der Waals surface area contributed by atoms with Crippen LogP contribution < -0.4 is 10.1 Å². The molecule has 0 aromatic carbocycles. The van der Waals surface area contributed by atoms with E-state index in [1.54, 1.807) is 7.11 Å². The smallest absolute Gasteiger partial charge is 0.212 e. The number of rotatable bonds is 10. The van der Waals surface area contributed by atoms with Crippen LogP contribution >= 0.6 is 0 Å². The first-order valence-electron chi connectivity index (χ1n) is 6.73. The molecule has 0 bridgehead atoms. The number of pyridine rings is 1. The quantitative estimate of drug-likeness (QED) is 0.519. The molecule has 1 heterocycles. The summed E-state index contributed by atoms with van der Waals surface area (Å²) in [7, 11) is 1.61. The second-order valence-corrected chi connectivity index (χ2v) is 4.01. The molecule has 0 radical (unpaired) electrons. The molecule has 1 N–H and O–H groups in total. The van der Waals surface area contributed by atoms with E-state index in [2.05, 4.69) is 10.3 Å². The Balaban J connectivity index is 2.21. The lowest BCUT2D eigenvalue weighted by atomic mass is 10.3. The number of ether oxygens (including phenoxy) is 3. The van der Waals surface area contributed by atoms with E-state index in [0.29, 0.717) is 19.1 Å². The van der Waals surface area contributed by atoms with Gasteiger partial charge in [0.1, 0.15) is 0 Å². The van der Waals surface area contributed by atoms with Crippen LogP contribution in [0.3, 0.4) is 0 Å². The molecule has 19 heavy (non-hydrogen) atoms. The molecule has 0 spiro atoms. The third kappa shape index (κ3) is 6.52. The third-order valence-electron chi connectivity index (χ3n) is 2.60. The SMILES string of the molecule is CCOC(CCNCc1ccc(OC)nc1)OCC. The molecule has 5 nitrogen and oxygen atoms in total. The van der Waals surface area contributed by atoms with Crippen molar-refractivity contribution in [3.05, 3.63) is 23.9 Å². The van der Waals surface area contributed by atoms with E-state index in [0.717, 1.165) is 25.1 Å². The van der Waals surface area contributed by atoms with Crippen molar-refractivity contribution >= 4 is 0 Å². The van der Waals surface area contributed by atoms with Crippen molar-refractivity contribution in [3.8, 4) is 5.88 Å². The second kappa shape index (κ2) is 9.72. The lowest BCUT2D eigenvalue weighted by molar-refractivity contribution is -0.138. The van der Waals surface area contributed by atoms with Crippen LogP contribution in [0, 0.1) is 0 Å². The summed E-state index contributed by atoms with van der Waals surface area (Å²) in [4.78, 5) is 4.16. The van der Waals surface area contributed by atoms with Gasteiger partial charge in [0.25, 0.3) is 0 Å². The van der Waals surface area contributed by atoms with E-state index in [4.69, 9.17) is 14.2 Å². The maximum atomic E-state index is 5.47. The topological polar surface area (TPSA) is 52.6 Å². The van der Waals surface area contributed by atoms with Gasteiger partial charge in [0.05, 0.1) is 7.11 Å². The van der Waals surface area contributed by atoms with Crippen molar-refractivity contribution in [1.82, 2.24) is 10.3 Å². The standard InChI is InChI=1S/C14H24N2O3/c1-4-18-14(19-5-2)8-9-15-10-12-6-7-13(17-3)16-11-12/h6-7,11,14-15H,4-5,8-10H2,1-3H3. The number of aromatic nitrogens is 1. The van der Waals surface area contributed by atoms with E-state index in [9.17, 15) is 0 Å². The minimum atomic E-state index is -0.114. The molecule has 0 saturated heterocycles. The van der Waals surface area contributed by atoms with Gasteiger partial charge in [0.2, 0.25) is 5.88 Å². The van der Waals surface area contributed by atoms with Crippen LogP contribution in [0.1, 0.15) is 25.8 Å². The molecule has 0 fully saturated rings. The predicted octanol–water partition coefficient (Wildman–Crippen LogP) is 1.97. The molecule has 0 aliphatic carbocycles. The fourth-order valence-electron chi connectivity index (χ4n) is 1.68. The van der Waals surface area contributed by atoms with E-state index >= 15 is 0 Å². The van der Waals surface area contributed by atoms with Crippen LogP contribution in [-0.2, 0) is 16.0 Å². The number of hydrogen-bond donors (Lipinski definition) is 1. The van der Waals surface area contributed by atoms with Gasteiger partial charge in [-0.3, -0.25) is 0 Å². The number of nitrogens with one attached hydrogen (secondary N) is 1. The van der Waals surface area contributed by atoms with Gasteiger partial charge in [-0.15, -0.1) is 0 Å². The zero-order chi connectivity index (χ0) is 13.9. The zero-order valence-corrected chi connectivity index (χ0v) is 12.0. The van der Waals surface area contributed by atoms with Crippen LogP contribution in [0.2, 0.25) is 0 Å². The van der Waals surface area contributed by atoms with Gasteiger partial charge in [0.15, 0.2) is 6.29 Å². The summed E-state index contributed by atoms with van der Waals surface area (Å²) in [5.41, 5.74) is 1.13. The van der Waals surface area contributed by atoms with Crippen molar-refractivity contribution < 1.29 is 14.2 Å². The highest BCUT2D eigenvalue weighted by atomic mass is 16.7. The highest BCUT2D eigenvalue weighted by Crippen LogP contribution is 2.06. The van der Waals surface area contributed by atoms with Crippen molar-refractivity contribution in [3.63, 3.8) is 0 Å². The molecule has 0 saturated carbocycles. The van der Waals surface area contributed by atoms with Gasteiger partial charge in [-0.05, 0) is 19.4 Å². The molecule has 0 unspecified atom stereocenters. The molecule has 5 heteroatoms. The van der Waals surface area contributed by atoms with Crippen molar-refractivity contribution in [2.75, 3.05) is 26.9 Å². The monoisotopic (exact) mass is 268 g/mol. The summed E-state index contributed by atoms with van der Waals surface area (Å²) < 4.78 is 16.0. The van der Waals surface area contributed by atoms with Crippen molar-refractivity contribution in [2.24, 2.45) is 0 Å². The van der Waals surface area contributed by atoms with E-state index in [-0.39, 0.29) is 6.29 Å². The van der Waals surface area contributed by atoms with Gasteiger partial charge in [-0.1, -0.05) is 6.07 Å². The molecule has 0 aliphatic rings. The highest BCUT2D eigenvalue weighted by Gasteiger charge is 2.06. The average molecular weight is 268 g/mol. The highest BCUT2D eigenvalue weighted by molar-refractivity contribution is 5.17. The first-order chi connectivity index (χ1) is 9.30. The fourth-order valence-corrected chi connectivity index (χ4v) is 1.68. The minimum Gasteiger partial charge on any atom is -0.481 e. The Kier molecular flexibility index (Phi) is 8.13. The Labute approximate surface area is 115 Å². The van der Waals surface area contributed by atoms with Crippen molar-refractivity contribution in [2.45, 2.75) is 33.1 Å². The maximum absolute atomic E-state index is 5.47. The molecule has 1 aromatic rings.